The van der Waals surface area contributed by atoms with E-state index < -0.39 is 12.1 Å². The van der Waals surface area contributed by atoms with E-state index in [0.29, 0.717) is 0 Å². The molecule has 2 atom stereocenters. The average molecular weight is 176 g/mol. The Morgan fingerprint density at radius 3 is 2.64 bits per heavy atom. The molecular weight excluding hydrogens is 167 g/mol. The van der Waals surface area contributed by atoms with Gasteiger partial charge in [-0.15, -0.1) is 0 Å². The fourth-order valence-corrected chi connectivity index (χ4v) is 1.13. The first kappa shape index (κ1) is 8.43. The van der Waals surface area contributed by atoms with Gasteiger partial charge in [0.1, 0.15) is 6.04 Å². The molecular formula is C5H9N2O3P. The zero-order valence-corrected chi connectivity index (χ0v) is 6.93. The number of carbonyl (C=O) groups excluding carboxylic acids is 2. The lowest BCUT2D eigenvalue weighted by Gasteiger charge is -2.03. The van der Waals surface area contributed by atoms with E-state index in [1.165, 1.54) is 0 Å². The predicted molar refractivity (Wildman–Crippen MR) is 40.6 cm³/mol. The van der Waals surface area contributed by atoms with Crippen LogP contribution in [0.2, 0.25) is 0 Å². The number of imide groups is 1. The molecule has 0 radical (unpaired) electrons. The van der Waals surface area contributed by atoms with Crippen LogP contribution in [0.1, 0.15) is 6.42 Å². The molecule has 1 aliphatic heterocycles. The smallest absolute Gasteiger partial charge is 0.327 e. The Kier molecular flexibility index (Phi) is 2.42. The van der Waals surface area contributed by atoms with Crippen molar-refractivity contribution in [2.24, 2.45) is 0 Å². The molecule has 0 aliphatic carbocycles. The first-order valence-corrected chi connectivity index (χ1v) is 3.68. The zero-order chi connectivity index (χ0) is 8.43. The van der Waals surface area contributed by atoms with E-state index in [9.17, 15) is 9.59 Å². The second-order valence-corrected chi connectivity index (χ2v) is 2.74. The molecule has 1 heterocycles. The highest BCUT2D eigenvalue weighted by atomic mass is 31.0. The summed E-state index contributed by atoms with van der Waals surface area (Å²) in [4.78, 5) is 21.8. The molecule has 2 N–H and O–H groups in total. The molecule has 1 saturated heterocycles. The lowest BCUT2D eigenvalue weighted by Crippen LogP contribution is -2.29. The van der Waals surface area contributed by atoms with Gasteiger partial charge in [0.2, 0.25) is 0 Å². The molecule has 5 nitrogen and oxygen atoms in total. The van der Waals surface area contributed by atoms with Crippen molar-refractivity contribution in [3.05, 3.63) is 0 Å². The average Bonchev–Trinajstić information content (AvgIpc) is 2.19. The zero-order valence-electron chi connectivity index (χ0n) is 5.78. The van der Waals surface area contributed by atoms with Crippen molar-refractivity contribution in [3.8, 4) is 0 Å². The Balaban J connectivity index is 2.60. The molecule has 1 rings (SSSR count). The van der Waals surface area contributed by atoms with Crippen molar-refractivity contribution in [2.45, 2.75) is 12.5 Å². The van der Waals surface area contributed by atoms with Gasteiger partial charge in [-0.2, -0.15) is 0 Å². The molecule has 1 fully saturated rings. The third-order valence-electron chi connectivity index (χ3n) is 1.47. The van der Waals surface area contributed by atoms with Crippen molar-refractivity contribution in [1.29, 1.82) is 0 Å². The Morgan fingerprint density at radius 1 is 1.64 bits per heavy atom. The van der Waals surface area contributed by atoms with Crippen LogP contribution in [0, 0.1) is 0 Å². The summed E-state index contributed by atoms with van der Waals surface area (Å²) in [7, 11) is 2.02. The second kappa shape index (κ2) is 3.15. The van der Waals surface area contributed by atoms with Crippen molar-refractivity contribution in [2.75, 3.05) is 6.61 Å². The fourth-order valence-electron chi connectivity index (χ4n) is 0.873. The van der Waals surface area contributed by atoms with Gasteiger partial charge in [0.05, 0.1) is 0 Å². The number of urea groups is 1. The molecule has 0 bridgehead atoms. The summed E-state index contributed by atoms with van der Waals surface area (Å²) >= 11 is 0. The second-order valence-electron chi connectivity index (χ2n) is 2.22. The maximum atomic E-state index is 11.0. The number of rotatable bonds is 2. The minimum absolute atomic E-state index is 0.102. The summed E-state index contributed by atoms with van der Waals surface area (Å²) < 4.78 is 0.931. The Morgan fingerprint density at radius 2 is 2.27 bits per heavy atom. The SMILES string of the molecule is O=C1N[C@@H](CCO)C(=O)N1P. The number of hydrogen-bond donors (Lipinski definition) is 2. The van der Waals surface area contributed by atoms with Crippen LogP contribution in [-0.4, -0.2) is 34.4 Å². The van der Waals surface area contributed by atoms with Crippen LogP contribution in [0.5, 0.6) is 0 Å². The van der Waals surface area contributed by atoms with Crippen LogP contribution in [0.25, 0.3) is 0 Å². The first-order valence-electron chi connectivity index (χ1n) is 3.17. The Labute approximate surface area is 66.0 Å². The summed E-state index contributed by atoms with van der Waals surface area (Å²) in [5.74, 6) is -0.311. The normalized spacial score (nSPS) is 24.2. The van der Waals surface area contributed by atoms with Crippen molar-refractivity contribution >= 4 is 21.3 Å². The number of amides is 3. The lowest BCUT2D eigenvalue weighted by atomic mass is 10.2. The topological polar surface area (TPSA) is 69.6 Å². The number of aliphatic hydroxyl groups is 1. The molecule has 0 aromatic heterocycles. The van der Waals surface area contributed by atoms with Gasteiger partial charge >= 0.3 is 6.03 Å². The predicted octanol–water partition coefficient (Wildman–Crippen LogP) is -0.921. The highest BCUT2D eigenvalue weighted by Gasteiger charge is 2.34. The quantitative estimate of drug-likeness (QED) is 0.422. The molecule has 0 aromatic carbocycles. The number of aliphatic hydroxyl groups excluding tert-OH is 1. The van der Waals surface area contributed by atoms with Gasteiger partial charge in [-0.3, -0.25) is 4.79 Å². The molecule has 6 heteroatoms. The molecule has 11 heavy (non-hydrogen) atoms. The van der Waals surface area contributed by atoms with Crippen LogP contribution in [0.4, 0.5) is 4.79 Å². The molecule has 0 saturated carbocycles. The Bertz CT molecular complexity index is 196. The lowest BCUT2D eigenvalue weighted by molar-refractivity contribution is -0.124. The number of nitrogens with zero attached hydrogens (tertiary/aromatic N) is 1. The fraction of sp³-hybridized carbons (Fsp3) is 0.600. The molecule has 62 valence electrons. The van der Waals surface area contributed by atoms with Crippen molar-refractivity contribution in [1.82, 2.24) is 9.99 Å². The molecule has 1 unspecified atom stereocenters. The maximum Gasteiger partial charge on any atom is 0.327 e. The van der Waals surface area contributed by atoms with Gasteiger partial charge in [-0.25, -0.2) is 9.46 Å². The summed E-state index contributed by atoms with van der Waals surface area (Å²) in [5.41, 5.74) is 0. The van der Waals surface area contributed by atoms with Crippen molar-refractivity contribution in [3.63, 3.8) is 0 Å². The van der Waals surface area contributed by atoms with E-state index in [2.05, 4.69) is 5.32 Å². The van der Waals surface area contributed by atoms with Crippen LogP contribution < -0.4 is 5.32 Å². The number of nitrogens with one attached hydrogen (secondary N) is 1. The Hall–Kier alpha value is -0.670. The van der Waals surface area contributed by atoms with E-state index in [-0.39, 0.29) is 18.9 Å². The maximum absolute atomic E-state index is 11.0. The number of carbonyl (C=O) groups is 2. The standard InChI is InChI=1S/C5H9N2O3P/c8-2-1-3-4(9)7(11)5(10)6-3/h3,8H,1-2,11H2,(H,6,10)/t3-/m0/s1. The molecule has 3 amide bonds. The van der Waals surface area contributed by atoms with E-state index in [1.54, 1.807) is 0 Å². The molecule has 0 aromatic rings. The van der Waals surface area contributed by atoms with E-state index >= 15 is 0 Å². The van der Waals surface area contributed by atoms with Gasteiger partial charge in [0.15, 0.2) is 0 Å². The number of hydrogen-bond acceptors (Lipinski definition) is 3. The highest BCUT2D eigenvalue weighted by Crippen LogP contribution is 2.12. The van der Waals surface area contributed by atoms with Gasteiger partial charge in [-0.05, 0) is 15.8 Å². The summed E-state index contributed by atoms with van der Waals surface area (Å²) in [5, 5.41) is 10.9. The van der Waals surface area contributed by atoms with Crippen LogP contribution in [0.3, 0.4) is 0 Å². The van der Waals surface area contributed by atoms with Crippen LogP contribution in [0.15, 0.2) is 0 Å². The van der Waals surface area contributed by atoms with Gasteiger partial charge in [0, 0.05) is 6.61 Å². The van der Waals surface area contributed by atoms with E-state index in [0.717, 1.165) is 4.67 Å². The minimum atomic E-state index is -0.551. The summed E-state index contributed by atoms with van der Waals surface area (Å²) in [6.07, 6.45) is 0.273. The van der Waals surface area contributed by atoms with E-state index in [4.69, 9.17) is 5.11 Å². The first-order chi connectivity index (χ1) is 5.16. The van der Waals surface area contributed by atoms with Gasteiger partial charge in [0.25, 0.3) is 5.91 Å². The summed E-state index contributed by atoms with van der Waals surface area (Å²) in [6.45, 7) is -0.102. The van der Waals surface area contributed by atoms with Gasteiger partial charge < -0.3 is 10.4 Å². The van der Waals surface area contributed by atoms with Crippen molar-refractivity contribution < 1.29 is 14.7 Å². The van der Waals surface area contributed by atoms with Crippen LogP contribution in [-0.2, 0) is 4.79 Å². The highest BCUT2D eigenvalue weighted by molar-refractivity contribution is 7.16. The van der Waals surface area contributed by atoms with E-state index in [1.807, 2.05) is 9.39 Å². The summed E-state index contributed by atoms with van der Waals surface area (Å²) in [6, 6.07) is -0.983. The van der Waals surface area contributed by atoms with Crippen LogP contribution >= 0.6 is 9.39 Å². The largest absolute Gasteiger partial charge is 0.396 e. The van der Waals surface area contributed by atoms with Gasteiger partial charge in [-0.1, -0.05) is 0 Å². The monoisotopic (exact) mass is 176 g/mol. The third-order valence-corrected chi connectivity index (χ3v) is 1.96. The molecule has 1 aliphatic rings. The molecule has 0 spiro atoms. The third kappa shape index (κ3) is 1.49. The minimum Gasteiger partial charge on any atom is -0.396 e.